The summed E-state index contributed by atoms with van der Waals surface area (Å²) in [4.78, 5) is 32.6. The van der Waals surface area contributed by atoms with E-state index in [9.17, 15) is 23.4 Å². The van der Waals surface area contributed by atoms with Crippen LogP contribution in [-0.4, -0.2) is 62.1 Å². The summed E-state index contributed by atoms with van der Waals surface area (Å²) in [7, 11) is -1.02. The quantitative estimate of drug-likeness (QED) is 0.462. The number of nitrogens with one attached hydrogen (secondary N) is 1. The number of pyridine rings is 2. The van der Waals surface area contributed by atoms with Crippen LogP contribution in [-0.2, 0) is 19.1 Å². The second-order valence-electron chi connectivity index (χ2n) is 10.9. The highest BCUT2D eigenvalue weighted by Gasteiger charge is 2.54. The number of amides is 2. The molecule has 0 radical (unpaired) electrons. The molecule has 2 fully saturated rings. The van der Waals surface area contributed by atoms with Gasteiger partial charge in [0.05, 0.1) is 11.2 Å². The minimum Gasteiger partial charge on any atom is -0.432 e. The monoisotopic (exact) mass is 518 g/mol. The molecule has 2 aliphatic heterocycles. The number of nitrogens with zero attached hydrogens (tertiary/aromatic N) is 3. The Morgan fingerprint density at radius 1 is 0.919 bits per heavy atom. The molecule has 0 bridgehead atoms. The summed E-state index contributed by atoms with van der Waals surface area (Å²) in [5, 5.41) is 12.3. The van der Waals surface area contributed by atoms with Crippen LogP contribution < -0.4 is 5.32 Å². The smallest absolute Gasteiger partial charge is 0.412 e. The molecule has 0 aliphatic carbocycles. The molecule has 200 valence electrons. The van der Waals surface area contributed by atoms with Crippen LogP contribution >= 0.6 is 0 Å². The third kappa shape index (κ3) is 6.68. The lowest BCUT2D eigenvalue weighted by Crippen LogP contribution is -2.65. The van der Waals surface area contributed by atoms with Crippen molar-refractivity contribution in [3.63, 3.8) is 0 Å². The summed E-state index contributed by atoms with van der Waals surface area (Å²) in [6, 6.07) is 4.39. The van der Waals surface area contributed by atoms with Crippen molar-refractivity contribution in [2.75, 3.05) is 0 Å². The molecule has 2 aromatic rings. The van der Waals surface area contributed by atoms with E-state index in [1.54, 1.807) is 0 Å². The van der Waals surface area contributed by atoms with E-state index in [1.165, 1.54) is 48.3 Å². The van der Waals surface area contributed by atoms with Gasteiger partial charge in [-0.05, 0) is 72.6 Å². The first kappa shape index (κ1) is 28.6. The molecular weight excluding hydrogens is 485 g/mol. The number of carbonyl (C=O) groups is 2. The third-order valence-electron chi connectivity index (χ3n) is 5.46. The molecule has 0 saturated carbocycles. The van der Waals surface area contributed by atoms with Crippen LogP contribution in [0.15, 0.2) is 36.7 Å². The summed E-state index contributed by atoms with van der Waals surface area (Å²) in [5.41, 5.74) is -0.663. The molecule has 0 unspecified atom stereocenters. The Balaban J connectivity index is 0.000000208. The van der Waals surface area contributed by atoms with Crippen LogP contribution in [0, 0.1) is 11.6 Å². The average molecular weight is 518 g/mol. The SMILES string of the molecule is CB(O)N1C(=O)[C@H](OC(C)(C)C)[C@@H]1c1ncccc1F.CC(C)(C)O[C@H]1C(=O)N[C@H]1c1ncccc1F. The maximum atomic E-state index is 13.9. The van der Waals surface area contributed by atoms with Gasteiger partial charge in [-0.25, -0.2) is 8.78 Å². The second-order valence-corrected chi connectivity index (χ2v) is 10.9. The van der Waals surface area contributed by atoms with Crippen LogP contribution in [0.3, 0.4) is 0 Å². The van der Waals surface area contributed by atoms with Crippen molar-refractivity contribution >= 4 is 18.9 Å². The van der Waals surface area contributed by atoms with Gasteiger partial charge in [0.1, 0.15) is 35.1 Å². The molecule has 9 nitrogen and oxygen atoms in total. The molecule has 2 amide bonds. The summed E-state index contributed by atoms with van der Waals surface area (Å²) in [6.07, 6.45) is 1.46. The predicted molar refractivity (Wildman–Crippen MR) is 132 cm³/mol. The Morgan fingerprint density at radius 3 is 1.84 bits per heavy atom. The van der Waals surface area contributed by atoms with Gasteiger partial charge in [0, 0.05) is 12.4 Å². The first-order valence-corrected chi connectivity index (χ1v) is 12.0. The van der Waals surface area contributed by atoms with Gasteiger partial charge < -0.3 is 24.6 Å². The number of aromatic nitrogens is 2. The van der Waals surface area contributed by atoms with Gasteiger partial charge in [-0.2, -0.15) is 0 Å². The van der Waals surface area contributed by atoms with Crippen molar-refractivity contribution in [1.82, 2.24) is 20.1 Å². The zero-order chi connectivity index (χ0) is 27.7. The van der Waals surface area contributed by atoms with Crippen LogP contribution in [0.1, 0.15) is 65.0 Å². The van der Waals surface area contributed by atoms with Gasteiger partial charge in [-0.15, -0.1) is 0 Å². The highest BCUT2D eigenvalue weighted by atomic mass is 19.1. The van der Waals surface area contributed by atoms with E-state index in [0.29, 0.717) is 0 Å². The summed E-state index contributed by atoms with van der Waals surface area (Å²) >= 11 is 0. The fraction of sp³-hybridized carbons (Fsp3) is 0.520. The minimum atomic E-state index is -1.02. The van der Waals surface area contributed by atoms with Gasteiger partial charge in [0.15, 0.2) is 12.2 Å². The molecule has 2 saturated heterocycles. The van der Waals surface area contributed by atoms with Gasteiger partial charge in [-0.1, -0.05) is 0 Å². The normalized spacial score (nSPS) is 23.4. The van der Waals surface area contributed by atoms with E-state index in [4.69, 9.17) is 9.47 Å². The minimum absolute atomic E-state index is 0.113. The predicted octanol–water partition coefficient (Wildman–Crippen LogP) is 2.97. The zero-order valence-electron chi connectivity index (χ0n) is 22.0. The fourth-order valence-corrected chi connectivity index (χ4v) is 3.99. The summed E-state index contributed by atoms with van der Waals surface area (Å²) in [6.45, 7) is 12.5. The lowest BCUT2D eigenvalue weighted by molar-refractivity contribution is -0.181. The number of β-lactam (4-membered cyclic amide) rings is 2. The van der Waals surface area contributed by atoms with Crippen molar-refractivity contribution in [1.29, 1.82) is 0 Å². The number of ether oxygens (including phenoxy) is 2. The highest BCUT2D eigenvalue weighted by molar-refractivity contribution is 6.50. The second kappa shape index (κ2) is 10.8. The maximum Gasteiger partial charge on any atom is 0.412 e. The Hall–Kier alpha value is -2.96. The molecule has 0 spiro atoms. The number of halogens is 2. The Labute approximate surface area is 215 Å². The molecule has 4 rings (SSSR count). The van der Waals surface area contributed by atoms with E-state index < -0.39 is 54.2 Å². The molecule has 4 atom stereocenters. The van der Waals surface area contributed by atoms with Crippen LogP contribution in [0.5, 0.6) is 0 Å². The average Bonchev–Trinajstić information content (AvgIpc) is 2.78. The standard InChI is InChI=1S/C13H18BFN2O3.C12H15FN2O2/c1-13(2,3)20-11-10(17(12(11)18)14(4)19)9-8(15)6-5-7-16-9;1-12(2,3)17-10-9(15-11(10)16)8-7(13)5-4-6-14-8/h5-7,10-11,19H,1-4H3;4-6,9-10H,1-3H3,(H,15,16)/t10-,11+;9-,10+/m00/s1. The molecule has 2 N–H and O–H groups in total. The number of carbonyl (C=O) groups excluding carboxylic acids is 2. The van der Waals surface area contributed by atoms with E-state index in [-0.39, 0.29) is 23.2 Å². The lowest BCUT2D eigenvalue weighted by atomic mass is 9.74. The van der Waals surface area contributed by atoms with Gasteiger partial charge >= 0.3 is 7.05 Å². The number of rotatable bonds is 5. The lowest BCUT2D eigenvalue weighted by Gasteiger charge is -2.49. The van der Waals surface area contributed by atoms with Gasteiger partial charge in [-0.3, -0.25) is 19.6 Å². The van der Waals surface area contributed by atoms with Crippen molar-refractivity contribution in [2.45, 2.75) is 83.9 Å². The Morgan fingerprint density at radius 2 is 1.41 bits per heavy atom. The van der Waals surface area contributed by atoms with Crippen molar-refractivity contribution in [3.05, 3.63) is 59.7 Å². The fourth-order valence-electron chi connectivity index (χ4n) is 3.99. The van der Waals surface area contributed by atoms with Crippen LogP contribution in [0.25, 0.3) is 0 Å². The Kier molecular flexibility index (Phi) is 8.35. The van der Waals surface area contributed by atoms with E-state index >= 15 is 0 Å². The molecule has 2 aromatic heterocycles. The number of hydrogen-bond acceptors (Lipinski definition) is 7. The van der Waals surface area contributed by atoms with Crippen LogP contribution in [0.2, 0.25) is 6.82 Å². The third-order valence-corrected chi connectivity index (χ3v) is 5.46. The van der Waals surface area contributed by atoms with Crippen LogP contribution in [0.4, 0.5) is 8.78 Å². The van der Waals surface area contributed by atoms with Crippen molar-refractivity contribution in [2.24, 2.45) is 0 Å². The molecule has 4 heterocycles. The van der Waals surface area contributed by atoms with Gasteiger partial charge in [0.25, 0.3) is 5.91 Å². The first-order chi connectivity index (χ1) is 17.1. The summed E-state index contributed by atoms with van der Waals surface area (Å²) in [5.74, 6) is -1.53. The molecule has 2 aliphatic rings. The van der Waals surface area contributed by atoms with Crippen molar-refractivity contribution in [3.8, 4) is 0 Å². The maximum absolute atomic E-state index is 13.9. The molecular formula is C25H33BF2N4O5. The highest BCUT2D eigenvalue weighted by Crippen LogP contribution is 2.39. The Bertz CT molecular complexity index is 1140. The van der Waals surface area contributed by atoms with Gasteiger partial charge in [0.2, 0.25) is 5.91 Å². The van der Waals surface area contributed by atoms with E-state index in [0.717, 1.165) is 0 Å². The molecule has 12 heteroatoms. The molecule has 37 heavy (non-hydrogen) atoms. The zero-order valence-corrected chi connectivity index (χ0v) is 22.0. The number of hydrogen-bond donors (Lipinski definition) is 2. The van der Waals surface area contributed by atoms with Crippen molar-refractivity contribution < 1.29 is 32.9 Å². The van der Waals surface area contributed by atoms with E-state index in [1.807, 2.05) is 41.5 Å². The first-order valence-electron chi connectivity index (χ1n) is 12.0. The summed E-state index contributed by atoms with van der Waals surface area (Å²) < 4.78 is 38.7. The topological polar surface area (TPSA) is 114 Å². The largest absolute Gasteiger partial charge is 0.432 e. The molecule has 0 aromatic carbocycles. The van der Waals surface area contributed by atoms with E-state index in [2.05, 4.69) is 15.3 Å².